The summed E-state index contributed by atoms with van der Waals surface area (Å²) in [7, 11) is 0. The molecule has 2 atom stereocenters. The van der Waals surface area contributed by atoms with Gasteiger partial charge in [-0.1, -0.05) is 69.5 Å². The van der Waals surface area contributed by atoms with Crippen LogP contribution >= 0.6 is 0 Å². The average Bonchev–Trinajstić information content (AvgIpc) is 3.48. The first-order valence-electron chi connectivity index (χ1n) is 13.9. The Kier molecular flexibility index (Phi) is 12.1. The quantitative estimate of drug-likeness (QED) is 0.0930. The zero-order chi connectivity index (χ0) is 30.5. The fourth-order valence-electron chi connectivity index (χ4n) is 4.53. The molecule has 3 rings (SSSR count). The van der Waals surface area contributed by atoms with Crippen molar-refractivity contribution < 1.29 is 38.6 Å². The number of hydrogen-bond donors (Lipinski definition) is 5. The normalized spacial score (nSPS) is 12.2. The van der Waals surface area contributed by atoms with Gasteiger partial charge >= 0.3 is 5.97 Å². The van der Waals surface area contributed by atoms with Gasteiger partial charge in [0.25, 0.3) is 5.91 Å². The third-order valence-corrected chi connectivity index (χ3v) is 6.83. The second kappa shape index (κ2) is 16.0. The van der Waals surface area contributed by atoms with Gasteiger partial charge in [-0.3, -0.25) is 19.2 Å². The lowest BCUT2D eigenvalue weighted by Gasteiger charge is -2.24. The van der Waals surface area contributed by atoms with E-state index in [1.165, 1.54) is 30.3 Å². The van der Waals surface area contributed by atoms with Gasteiger partial charge in [-0.2, -0.15) is 0 Å². The van der Waals surface area contributed by atoms with E-state index in [0.29, 0.717) is 18.4 Å². The number of aromatic hydroxyl groups is 1. The molecule has 0 bridgehead atoms. The summed E-state index contributed by atoms with van der Waals surface area (Å²) in [6, 6.07) is 16.3. The van der Waals surface area contributed by atoms with Crippen molar-refractivity contribution in [1.82, 2.24) is 16.1 Å². The number of nitrogens with one attached hydrogen (secondary N) is 3. The molecule has 42 heavy (non-hydrogen) atoms. The average molecular weight is 580 g/mol. The van der Waals surface area contributed by atoms with E-state index >= 15 is 0 Å². The van der Waals surface area contributed by atoms with E-state index in [9.17, 15) is 24.3 Å². The molecule has 0 radical (unpaired) electrons. The van der Waals surface area contributed by atoms with Gasteiger partial charge in [-0.25, -0.2) is 10.3 Å². The Morgan fingerprint density at radius 1 is 0.905 bits per heavy atom. The SMILES string of the molecule is CCCCC[C@@H](C(=O)NCNC(=O)c1ccc(-c2ccc(C(=O)O)c(O)c2)o1)[C@@H](CC)C(=O)NOCc1ccccc1. The van der Waals surface area contributed by atoms with Crippen LogP contribution < -0.4 is 16.1 Å². The smallest absolute Gasteiger partial charge is 0.339 e. The number of hydrogen-bond acceptors (Lipinski definition) is 7. The molecule has 0 aliphatic carbocycles. The summed E-state index contributed by atoms with van der Waals surface area (Å²) >= 11 is 0. The van der Waals surface area contributed by atoms with Crippen LogP contribution in [0.5, 0.6) is 5.75 Å². The Labute approximate surface area is 244 Å². The monoisotopic (exact) mass is 579 g/mol. The predicted octanol–water partition coefficient (Wildman–Crippen LogP) is 4.62. The lowest BCUT2D eigenvalue weighted by Crippen LogP contribution is -2.45. The minimum atomic E-state index is -1.27. The van der Waals surface area contributed by atoms with Crippen molar-refractivity contribution in [1.29, 1.82) is 0 Å². The van der Waals surface area contributed by atoms with E-state index in [1.54, 1.807) is 0 Å². The van der Waals surface area contributed by atoms with Crippen molar-refractivity contribution in [2.45, 2.75) is 52.6 Å². The van der Waals surface area contributed by atoms with E-state index in [1.807, 2.05) is 37.3 Å². The number of aromatic carboxylic acids is 1. The van der Waals surface area contributed by atoms with Gasteiger partial charge in [-0.05, 0) is 42.7 Å². The number of carboxylic acid groups (broad SMARTS) is 1. The number of rotatable bonds is 16. The first kappa shape index (κ1) is 31.9. The third-order valence-electron chi connectivity index (χ3n) is 6.83. The van der Waals surface area contributed by atoms with E-state index < -0.39 is 29.5 Å². The Hall–Kier alpha value is -4.64. The molecule has 0 fully saturated rings. The number of hydroxylamine groups is 1. The second-order valence-electron chi connectivity index (χ2n) is 9.78. The van der Waals surface area contributed by atoms with Crippen LogP contribution in [0, 0.1) is 11.8 Å². The Balaban J connectivity index is 1.56. The summed E-state index contributed by atoms with van der Waals surface area (Å²) in [4.78, 5) is 55.3. The fraction of sp³-hybridized carbons (Fsp3) is 0.355. The minimum absolute atomic E-state index is 0.0399. The molecule has 0 unspecified atom stereocenters. The minimum Gasteiger partial charge on any atom is -0.507 e. The maximum absolute atomic E-state index is 13.2. The van der Waals surface area contributed by atoms with Gasteiger partial charge < -0.3 is 25.3 Å². The highest BCUT2D eigenvalue weighted by Crippen LogP contribution is 2.28. The van der Waals surface area contributed by atoms with Crippen LogP contribution in [0.3, 0.4) is 0 Å². The standard InChI is InChI=1S/C31H37N3O8/c1-3-5-7-12-23(22(4-2)29(37)34-41-18-20-10-8-6-9-11-20)28(36)32-19-33-30(38)27-16-15-26(42-27)21-13-14-24(31(39)40)25(35)17-21/h6,8-11,13-17,22-23,35H,3-5,7,12,18-19H2,1-2H3,(H,32,36)(H,33,38)(H,34,37)(H,39,40)/t22-,23-/m1/s1. The molecule has 5 N–H and O–H groups in total. The molecule has 0 spiro atoms. The van der Waals surface area contributed by atoms with Crippen LogP contribution in [0.15, 0.2) is 65.1 Å². The number of amides is 3. The molecule has 11 nitrogen and oxygen atoms in total. The van der Waals surface area contributed by atoms with Crippen LogP contribution in [-0.4, -0.2) is 40.6 Å². The van der Waals surface area contributed by atoms with Crippen molar-refractivity contribution in [2.75, 3.05) is 6.67 Å². The molecule has 0 saturated heterocycles. The van der Waals surface area contributed by atoms with Crippen molar-refractivity contribution in [2.24, 2.45) is 11.8 Å². The van der Waals surface area contributed by atoms with Gasteiger partial charge in [0, 0.05) is 11.5 Å². The predicted molar refractivity (Wildman–Crippen MR) is 154 cm³/mol. The summed E-state index contributed by atoms with van der Waals surface area (Å²) in [6.07, 6.45) is 3.58. The summed E-state index contributed by atoms with van der Waals surface area (Å²) in [5.74, 6) is -4.04. The molecular formula is C31H37N3O8. The summed E-state index contributed by atoms with van der Waals surface area (Å²) in [6.45, 7) is 3.91. The highest BCUT2D eigenvalue weighted by molar-refractivity contribution is 5.93. The number of benzene rings is 2. The lowest BCUT2D eigenvalue weighted by atomic mass is 9.84. The molecule has 3 amide bonds. The summed E-state index contributed by atoms with van der Waals surface area (Å²) in [5, 5.41) is 24.3. The van der Waals surface area contributed by atoms with Crippen molar-refractivity contribution >= 4 is 23.7 Å². The summed E-state index contributed by atoms with van der Waals surface area (Å²) in [5.41, 5.74) is 3.52. The van der Waals surface area contributed by atoms with Crippen LogP contribution in [0.2, 0.25) is 0 Å². The van der Waals surface area contributed by atoms with E-state index in [4.69, 9.17) is 14.4 Å². The van der Waals surface area contributed by atoms with Crippen LogP contribution in [0.4, 0.5) is 0 Å². The van der Waals surface area contributed by atoms with E-state index in [-0.39, 0.29) is 42.2 Å². The van der Waals surface area contributed by atoms with Crippen molar-refractivity contribution in [3.05, 3.63) is 77.6 Å². The Bertz CT molecular complexity index is 1360. The number of carbonyl (C=O) groups is 4. The number of furan rings is 1. The van der Waals surface area contributed by atoms with Gasteiger partial charge in [0.15, 0.2) is 5.76 Å². The second-order valence-corrected chi connectivity index (χ2v) is 9.78. The molecule has 1 aromatic heterocycles. The van der Waals surface area contributed by atoms with Gasteiger partial charge in [0.2, 0.25) is 11.8 Å². The first-order valence-corrected chi connectivity index (χ1v) is 13.9. The molecule has 1 heterocycles. The first-order chi connectivity index (χ1) is 20.2. The largest absolute Gasteiger partial charge is 0.507 e. The molecule has 2 aromatic carbocycles. The zero-order valence-corrected chi connectivity index (χ0v) is 23.7. The van der Waals surface area contributed by atoms with Crippen molar-refractivity contribution in [3.63, 3.8) is 0 Å². The molecular weight excluding hydrogens is 542 g/mol. The highest BCUT2D eigenvalue weighted by atomic mass is 16.6. The van der Waals surface area contributed by atoms with E-state index in [2.05, 4.69) is 23.0 Å². The van der Waals surface area contributed by atoms with E-state index in [0.717, 1.165) is 24.8 Å². The molecule has 3 aromatic rings. The topological polar surface area (TPSA) is 167 Å². The van der Waals surface area contributed by atoms with Crippen LogP contribution in [0.1, 0.15) is 72.4 Å². The highest BCUT2D eigenvalue weighted by Gasteiger charge is 2.32. The van der Waals surface area contributed by atoms with Crippen molar-refractivity contribution in [3.8, 4) is 17.1 Å². The fourth-order valence-corrected chi connectivity index (χ4v) is 4.53. The van der Waals surface area contributed by atoms with Crippen LogP contribution in [-0.2, 0) is 21.0 Å². The Morgan fingerprint density at radius 2 is 1.67 bits per heavy atom. The number of carboxylic acids is 1. The maximum atomic E-state index is 13.2. The number of phenols is 1. The molecule has 0 aliphatic heterocycles. The molecule has 11 heteroatoms. The van der Waals surface area contributed by atoms with Gasteiger partial charge in [-0.15, -0.1) is 0 Å². The van der Waals surface area contributed by atoms with Crippen LogP contribution in [0.25, 0.3) is 11.3 Å². The third kappa shape index (κ3) is 8.93. The zero-order valence-electron chi connectivity index (χ0n) is 23.7. The molecule has 224 valence electrons. The van der Waals surface area contributed by atoms with Gasteiger partial charge in [0.1, 0.15) is 17.1 Å². The number of unbranched alkanes of at least 4 members (excludes halogenated alkanes) is 2. The molecule has 0 aliphatic rings. The lowest BCUT2D eigenvalue weighted by molar-refractivity contribution is -0.144. The maximum Gasteiger partial charge on any atom is 0.339 e. The number of carbonyl (C=O) groups excluding carboxylic acids is 3. The molecule has 0 saturated carbocycles. The Morgan fingerprint density at radius 3 is 2.33 bits per heavy atom. The summed E-state index contributed by atoms with van der Waals surface area (Å²) < 4.78 is 5.56. The van der Waals surface area contributed by atoms with Gasteiger partial charge in [0.05, 0.1) is 19.2 Å².